The molecule has 17 heavy (non-hydrogen) atoms. The van der Waals surface area contributed by atoms with E-state index in [-0.39, 0.29) is 11.9 Å². The van der Waals surface area contributed by atoms with Gasteiger partial charge < -0.3 is 5.32 Å². The van der Waals surface area contributed by atoms with Gasteiger partial charge in [-0.2, -0.15) is 0 Å². The Hall–Kier alpha value is -0.460. The van der Waals surface area contributed by atoms with E-state index in [0.29, 0.717) is 0 Å². The van der Waals surface area contributed by atoms with Gasteiger partial charge in [-0.3, -0.25) is 0 Å². The van der Waals surface area contributed by atoms with Crippen molar-refractivity contribution in [1.82, 2.24) is 5.32 Å². The number of hydrogen-bond acceptors (Lipinski definition) is 2. The van der Waals surface area contributed by atoms with Crippen LogP contribution in [0.25, 0.3) is 0 Å². The first-order chi connectivity index (χ1) is 8.10. The van der Waals surface area contributed by atoms with Crippen molar-refractivity contribution < 1.29 is 4.39 Å². The Morgan fingerprint density at radius 2 is 2.00 bits per heavy atom. The van der Waals surface area contributed by atoms with Crippen molar-refractivity contribution in [1.29, 1.82) is 0 Å². The minimum absolute atomic E-state index is 0.0594. The number of halogens is 2. The van der Waals surface area contributed by atoms with Gasteiger partial charge in [0.2, 0.25) is 0 Å². The third kappa shape index (κ3) is 3.05. The number of nitrogens with one attached hydrogen (secondary N) is 1. The van der Waals surface area contributed by atoms with Gasteiger partial charge in [0.05, 0.1) is 8.93 Å². The molecule has 4 heteroatoms. The van der Waals surface area contributed by atoms with Crippen molar-refractivity contribution in [2.75, 3.05) is 7.05 Å². The highest BCUT2D eigenvalue weighted by Crippen LogP contribution is 2.28. The van der Waals surface area contributed by atoms with Crippen LogP contribution in [-0.4, -0.2) is 7.05 Å². The highest BCUT2D eigenvalue weighted by molar-refractivity contribution is 14.1. The lowest BCUT2D eigenvalue weighted by Crippen LogP contribution is -2.17. The lowest BCUT2D eigenvalue weighted by molar-refractivity contribution is 0.615. The molecule has 1 aromatic carbocycles. The van der Waals surface area contributed by atoms with Crippen LogP contribution < -0.4 is 5.32 Å². The molecule has 2 rings (SSSR count). The Bertz CT molecular complexity index is 504. The standard InChI is InChI=1S/C13H13FINS/c1-8-3-9(5-11(14)4-8)13(16-2)10-6-12(15)17-7-10/h3-7,13,16H,1-2H3. The quantitative estimate of drug-likeness (QED) is 0.812. The molecule has 0 radical (unpaired) electrons. The van der Waals surface area contributed by atoms with E-state index in [4.69, 9.17) is 0 Å². The van der Waals surface area contributed by atoms with Crippen molar-refractivity contribution in [3.8, 4) is 0 Å². The van der Waals surface area contributed by atoms with Gasteiger partial charge in [-0.25, -0.2) is 4.39 Å². The molecule has 0 aliphatic heterocycles. The predicted molar refractivity (Wildman–Crippen MR) is 79.1 cm³/mol. The van der Waals surface area contributed by atoms with E-state index >= 15 is 0 Å². The first-order valence-corrected chi connectivity index (χ1v) is 7.24. The zero-order valence-electron chi connectivity index (χ0n) is 9.63. The summed E-state index contributed by atoms with van der Waals surface area (Å²) in [6.45, 7) is 1.91. The van der Waals surface area contributed by atoms with Crippen LogP contribution in [0.3, 0.4) is 0 Å². The number of benzene rings is 1. The van der Waals surface area contributed by atoms with Crippen LogP contribution >= 0.6 is 33.9 Å². The molecule has 0 spiro atoms. The van der Waals surface area contributed by atoms with Crippen LogP contribution in [0, 0.1) is 15.6 Å². The van der Waals surface area contributed by atoms with E-state index in [9.17, 15) is 4.39 Å². The summed E-state index contributed by atoms with van der Waals surface area (Å²) in [5.74, 6) is -0.176. The van der Waals surface area contributed by atoms with Crippen molar-refractivity contribution in [3.63, 3.8) is 0 Å². The van der Waals surface area contributed by atoms with Crippen molar-refractivity contribution in [3.05, 3.63) is 55.0 Å². The number of rotatable bonds is 3. The summed E-state index contributed by atoms with van der Waals surface area (Å²) in [5.41, 5.74) is 3.11. The third-order valence-corrected chi connectivity index (χ3v) is 4.41. The van der Waals surface area contributed by atoms with Gasteiger partial charge in [0.1, 0.15) is 5.82 Å². The maximum Gasteiger partial charge on any atom is 0.123 e. The molecule has 0 aliphatic carbocycles. The summed E-state index contributed by atoms with van der Waals surface area (Å²) in [4.78, 5) is 0. The summed E-state index contributed by atoms with van der Waals surface area (Å²) in [6, 6.07) is 7.36. The molecule has 0 fully saturated rings. The molecule has 0 aliphatic rings. The average molecular weight is 361 g/mol. The van der Waals surface area contributed by atoms with Gasteiger partial charge in [-0.05, 0) is 76.8 Å². The van der Waals surface area contributed by atoms with Crippen LogP contribution in [0.1, 0.15) is 22.7 Å². The highest BCUT2D eigenvalue weighted by Gasteiger charge is 2.14. The zero-order valence-corrected chi connectivity index (χ0v) is 12.6. The SMILES string of the molecule is CNC(c1cc(C)cc(F)c1)c1csc(I)c1. The van der Waals surface area contributed by atoms with Crippen molar-refractivity contribution in [2.24, 2.45) is 0 Å². The molecule has 0 saturated carbocycles. The Balaban J connectivity index is 2.41. The Morgan fingerprint density at radius 1 is 1.24 bits per heavy atom. The molecule has 90 valence electrons. The van der Waals surface area contributed by atoms with E-state index in [2.05, 4.69) is 39.4 Å². The summed E-state index contributed by atoms with van der Waals surface area (Å²) in [7, 11) is 1.90. The monoisotopic (exact) mass is 361 g/mol. The summed E-state index contributed by atoms with van der Waals surface area (Å²) >= 11 is 4.00. The minimum Gasteiger partial charge on any atom is -0.309 e. The van der Waals surface area contributed by atoms with Gasteiger partial charge in [0.25, 0.3) is 0 Å². The molecule has 1 nitrogen and oxygen atoms in total. The number of hydrogen-bond donors (Lipinski definition) is 1. The Morgan fingerprint density at radius 3 is 2.53 bits per heavy atom. The van der Waals surface area contributed by atoms with Crippen LogP contribution in [0.2, 0.25) is 0 Å². The number of aryl methyl sites for hydroxylation is 1. The Kier molecular flexibility index (Phi) is 4.17. The maximum absolute atomic E-state index is 13.4. The predicted octanol–water partition coefficient (Wildman–Crippen LogP) is 4.11. The second-order valence-corrected chi connectivity index (χ2v) is 6.77. The molecular weight excluding hydrogens is 348 g/mol. The fraction of sp³-hybridized carbons (Fsp3) is 0.231. The van der Waals surface area contributed by atoms with Crippen LogP contribution in [0.5, 0.6) is 0 Å². The van der Waals surface area contributed by atoms with Gasteiger partial charge in [-0.15, -0.1) is 11.3 Å². The van der Waals surface area contributed by atoms with Gasteiger partial charge in [0.15, 0.2) is 0 Å². The van der Waals surface area contributed by atoms with Crippen LogP contribution in [0.4, 0.5) is 4.39 Å². The lowest BCUT2D eigenvalue weighted by atomic mass is 9.99. The normalized spacial score (nSPS) is 12.7. The fourth-order valence-electron chi connectivity index (χ4n) is 1.93. The minimum atomic E-state index is -0.176. The van der Waals surface area contributed by atoms with Gasteiger partial charge in [0, 0.05) is 0 Å². The average Bonchev–Trinajstić information content (AvgIpc) is 2.64. The second kappa shape index (κ2) is 5.46. The number of thiophene rings is 1. The summed E-state index contributed by atoms with van der Waals surface area (Å²) in [5, 5.41) is 5.35. The van der Waals surface area contributed by atoms with Gasteiger partial charge in [-0.1, -0.05) is 6.07 Å². The molecule has 1 atom stereocenters. The van der Waals surface area contributed by atoms with E-state index in [1.807, 2.05) is 20.0 Å². The zero-order chi connectivity index (χ0) is 12.4. The maximum atomic E-state index is 13.4. The van der Waals surface area contributed by atoms with Crippen LogP contribution in [-0.2, 0) is 0 Å². The van der Waals surface area contributed by atoms with Crippen molar-refractivity contribution >= 4 is 33.9 Å². The lowest BCUT2D eigenvalue weighted by Gasteiger charge is -2.16. The fourth-order valence-corrected chi connectivity index (χ4v) is 3.33. The smallest absolute Gasteiger partial charge is 0.123 e. The van der Waals surface area contributed by atoms with E-state index in [1.165, 1.54) is 8.45 Å². The summed E-state index contributed by atoms with van der Waals surface area (Å²) in [6.07, 6.45) is 0. The molecule has 1 N–H and O–H groups in total. The molecule has 0 amide bonds. The largest absolute Gasteiger partial charge is 0.309 e. The van der Waals surface area contributed by atoms with E-state index in [1.54, 1.807) is 23.5 Å². The molecule has 1 unspecified atom stereocenters. The molecule has 0 saturated heterocycles. The first-order valence-electron chi connectivity index (χ1n) is 5.28. The topological polar surface area (TPSA) is 12.0 Å². The Labute approximate surface area is 118 Å². The molecular formula is C13H13FINS. The molecule has 0 bridgehead atoms. The van der Waals surface area contributed by atoms with Crippen LogP contribution in [0.15, 0.2) is 29.6 Å². The van der Waals surface area contributed by atoms with E-state index < -0.39 is 0 Å². The third-order valence-electron chi connectivity index (χ3n) is 2.61. The summed E-state index contributed by atoms with van der Waals surface area (Å²) < 4.78 is 14.7. The van der Waals surface area contributed by atoms with E-state index in [0.717, 1.165) is 11.1 Å². The molecule has 1 heterocycles. The highest BCUT2D eigenvalue weighted by atomic mass is 127. The van der Waals surface area contributed by atoms with Crippen molar-refractivity contribution in [2.45, 2.75) is 13.0 Å². The van der Waals surface area contributed by atoms with Gasteiger partial charge >= 0.3 is 0 Å². The second-order valence-electron chi connectivity index (χ2n) is 3.97. The molecule has 2 aromatic rings. The first kappa shape index (κ1) is 13.0. The molecule has 1 aromatic heterocycles.